The smallest absolute Gasteiger partial charge is 0.422 e. The summed E-state index contributed by atoms with van der Waals surface area (Å²) in [5, 5.41) is 5.29. The Kier molecular flexibility index (Phi) is 6.91. The van der Waals surface area contributed by atoms with E-state index in [1.807, 2.05) is 0 Å². The van der Waals surface area contributed by atoms with E-state index in [4.69, 9.17) is 0 Å². The van der Waals surface area contributed by atoms with Crippen molar-refractivity contribution in [2.24, 2.45) is 0 Å². The lowest BCUT2D eigenvalue weighted by Gasteiger charge is -2.11. The van der Waals surface area contributed by atoms with Crippen LogP contribution in [0.15, 0.2) is 30.6 Å². The molecule has 28 heavy (non-hydrogen) atoms. The summed E-state index contributed by atoms with van der Waals surface area (Å²) in [5.41, 5.74) is 1.21. The van der Waals surface area contributed by atoms with Crippen molar-refractivity contribution in [3.63, 3.8) is 0 Å². The van der Waals surface area contributed by atoms with Crippen LogP contribution in [0, 0.1) is 6.92 Å². The number of hydrogen-bond donors (Lipinski definition) is 2. The Morgan fingerprint density at radius 3 is 2.61 bits per heavy atom. The number of pyridine rings is 2. The summed E-state index contributed by atoms with van der Waals surface area (Å²) in [5.74, 6) is -0.432. The van der Waals surface area contributed by atoms with Gasteiger partial charge in [-0.15, -0.1) is 0 Å². The van der Waals surface area contributed by atoms with Gasteiger partial charge in [0.05, 0.1) is 5.56 Å². The van der Waals surface area contributed by atoms with Crippen molar-refractivity contribution in [2.45, 2.75) is 33.0 Å². The number of amides is 2. The van der Waals surface area contributed by atoms with E-state index >= 15 is 0 Å². The van der Waals surface area contributed by atoms with E-state index in [1.165, 1.54) is 19.2 Å². The number of alkyl halides is 3. The number of halogens is 3. The van der Waals surface area contributed by atoms with Gasteiger partial charge in [0.25, 0.3) is 5.91 Å². The number of nitrogens with zero attached hydrogens (tertiary/aromatic N) is 2. The first kappa shape index (κ1) is 21.1. The Morgan fingerprint density at radius 2 is 1.96 bits per heavy atom. The Hall–Kier alpha value is -3.17. The average Bonchev–Trinajstić information content (AvgIpc) is 2.64. The molecule has 2 aromatic heterocycles. The van der Waals surface area contributed by atoms with Gasteiger partial charge in [-0.25, -0.2) is 9.97 Å². The molecule has 2 amide bonds. The van der Waals surface area contributed by atoms with Crippen molar-refractivity contribution in [3.05, 3.63) is 47.3 Å². The topological polar surface area (TPSA) is 93.2 Å². The van der Waals surface area contributed by atoms with Crippen molar-refractivity contribution < 1.29 is 27.5 Å². The van der Waals surface area contributed by atoms with Gasteiger partial charge in [-0.1, -0.05) is 6.92 Å². The second-order valence-corrected chi connectivity index (χ2v) is 5.88. The third-order valence-electron chi connectivity index (χ3n) is 3.53. The number of hydrogen-bond acceptors (Lipinski definition) is 5. The maximum absolute atomic E-state index is 12.3. The molecule has 2 rings (SSSR count). The van der Waals surface area contributed by atoms with Crippen LogP contribution in [-0.4, -0.2) is 34.6 Å². The highest BCUT2D eigenvalue weighted by Crippen LogP contribution is 2.20. The molecule has 2 aromatic rings. The second-order valence-electron chi connectivity index (χ2n) is 5.88. The van der Waals surface area contributed by atoms with Gasteiger partial charge in [0.15, 0.2) is 6.61 Å². The van der Waals surface area contributed by atoms with Gasteiger partial charge in [-0.05, 0) is 30.7 Å². The normalized spacial score (nSPS) is 11.0. The van der Waals surface area contributed by atoms with Crippen LogP contribution in [0.5, 0.6) is 5.88 Å². The van der Waals surface area contributed by atoms with Crippen LogP contribution in [0.25, 0.3) is 0 Å². The lowest BCUT2D eigenvalue weighted by molar-refractivity contribution is -0.154. The van der Waals surface area contributed by atoms with Gasteiger partial charge >= 0.3 is 6.18 Å². The summed E-state index contributed by atoms with van der Waals surface area (Å²) in [4.78, 5) is 31.4. The standard InChI is InChI=1S/C18H19F3N4O3/c1-3-15(26)25-14-7-12(4-5-22-14)8-23-16(27)13-6-11(2)17(24-9-13)28-10-18(19,20)21/h4-7,9H,3,8,10H2,1-2H3,(H,23,27)(H,22,25,26). The van der Waals surface area contributed by atoms with Crippen molar-refractivity contribution in [2.75, 3.05) is 11.9 Å². The highest BCUT2D eigenvalue weighted by molar-refractivity contribution is 5.94. The Morgan fingerprint density at radius 1 is 1.21 bits per heavy atom. The van der Waals surface area contributed by atoms with Crippen LogP contribution in [-0.2, 0) is 11.3 Å². The molecule has 0 spiro atoms. The molecule has 7 nitrogen and oxygen atoms in total. The quantitative estimate of drug-likeness (QED) is 0.751. The zero-order valence-electron chi connectivity index (χ0n) is 15.3. The van der Waals surface area contributed by atoms with Crippen molar-refractivity contribution in [1.29, 1.82) is 0 Å². The number of aromatic nitrogens is 2. The van der Waals surface area contributed by atoms with Gasteiger partial charge in [-0.2, -0.15) is 13.2 Å². The molecule has 10 heteroatoms. The maximum atomic E-state index is 12.3. The first-order chi connectivity index (χ1) is 13.2. The van der Waals surface area contributed by atoms with Crippen LogP contribution in [0.3, 0.4) is 0 Å². The minimum Gasteiger partial charge on any atom is -0.468 e. The number of aryl methyl sites for hydroxylation is 1. The largest absolute Gasteiger partial charge is 0.468 e. The zero-order valence-corrected chi connectivity index (χ0v) is 15.3. The highest BCUT2D eigenvalue weighted by Gasteiger charge is 2.29. The number of carbonyl (C=O) groups is 2. The first-order valence-electron chi connectivity index (χ1n) is 8.37. The molecular weight excluding hydrogens is 377 g/mol. The molecule has 0 bridgehead atoms. The molecule has 0 aliphatic carbocycles. The fourth-order valence-electron chi connectivity index (χ4n) is 2.16. The average molecular weight is 396 g/mol. The fourth-order valence-corrected chi connectivity index (χ4v) is 2.16. The SMILES string of the molecule is CCC(=O)Nc1cc(CNC(=O)c2cnc(OCC(F)(F)F)c(C)c2)ccn1. The van der Waals surface area contributed by atoms with Crippen LogP contribution >= 0.6 is 0 Å². The summed E-state index contributed by atoms with van der Waals surface area (Å²) >= 11 is 0. The van der Waals surface area contributed by atoms with E-state index in [-0.39, 0.29) is 23.9 Å². The molecule has 0 atom stereocenters. The van der Waals surface area contributed by atoms with Crippen LogP contribution in [0.4, 0.5) is 19.0 Å². The van der Waals surface area contributed by atoms with E-state index in [9.17, 15) is 22.8 Å². The van der Waals surface area contributed by atoms with Gasteiger partial charge in [0.1, 0.15) is 5.82 Å². The predicted molar refractivity (Wildman–Crippen MR) is 94.9 cm³/mol. The summed E-state index contributed by atoms with van der Waals surface area (Å²) in [6.45, 7) is 1.93. The Labute approximate surface area is 159 Å². The first-order valence-corrected chi connectivity index (χ1v) is 8.37. The van der Waals surface area contributed by atoms with Crippen molar-refractivity contribution in [3.8, 4) is 5.88 Å². The number of carbonyl (C=O) groups excluding carboxylic acids is 2. The summed E-state index contributed by atoms with van der Waals surface area (Å²) in [7, 11) is 0. The van der Waals surface area contributed by atoms with Crippen molar-refractivity contribution in [1.82, 2.24) is 15.3 Å². The summed E-state index contributed by atoms with van der Waals surface area (Å²) in [6.07, 6.45) is -1.50. The monoisotopic (exact) mass is 396 g/mol. The summed E-state index contributed by atoms with van der Waals surface area (Å²) < 4.78 is 41.3. The van der Waals surface area contributed by atoms with E-state index in [2.05, 4.69) is 25.3 Å². The predicted octanol–water partition coefficient (Wildman–Crippen LogP) is 3.00. The number of rotatable bonds is 7. The van der Waals surface area contributed by atoms with Crippen LogP contribution < -0.4 is 15.4 Å². The van der Waals surface area contributed by atoms with E-state index < -0.39 is 18.7 Å². The Balaban J connectivity index is 1.97. The molecule has 0 unspecified atom stereocenters. The van der Waals surface area contributed by atoms with E-state index in [0.29, 0.717) is 23.4 Å². The third-order valence-corrected chi connectivity index (χ3v) is 3.53. The third kappa shape index (κ3) is 6.53. The number of anilines is 1. The van der Waals surface area contributed by atoms with Crippen LogP contribution in [0.1, 0.15) is 34.8 Å². The lowest BCUT2D eigenvalue weighted by atomic mass is 10.2. The van der Waals surface area contributed by atoms with E-state index in [0.717, 1.165) is 6.20 Å². The van der Waals surface area contributed by atoms with Gasteiger partial charge in [0.2, 0.25) is 11.8 Å². The molecule has 0 aromatic carbocycles. The molecule has 0 saturated carbocycles. The van der Waals surface area contributed by atoms with Gasteiger partial charge < -0.3 is 15.4 Å². The maximum Gasteiger partial charge on any atom is 0.422 e. The molecule has 0 fully saturated rings. The van der Waals surface area contributed by atoms with Gasteiger partial charge in [0, 0.05) is 30.9 Å². The summed E-state index contributed by atoms with van der Waals surface area (Å²) in [6, 6.07) is 4.71. The zero-order chi connectivity index (χ0) is 20.7. The fraction of sp³-hybridized carbons (Fsp3) is 0.333. The minimum atomic E-state index is -4.47. The molecular formula is C18H19F3N4O3. The molecule has 2 N–H and O–H groups in total. The number of nitrogens with one attached hydrogen (secondary N) is 2. The van der Waals surface area contributed by atoms with E-state index in [1.54, 1.807) is 19.1 Å². The molecule has 150 valence electrons. The lowest BCUT2D eigenvalue weighted by Crippen LogP contribution is -2.24. The molecule has 0 radical (unpaired) electrons. The minimum absolute atomic E-state index is 0.168. The van der Waals surface area contributed by atoms with Crippen LogP contribution in [0.2, 0.25) is 0 Å². The van der Waals surface area contributed by atoms with Crippen molar-refractivity contribution >= 4 is 17.6 Å². The van der Waals surface area contributed by atoms with Gasteiger partial charge in [-0.3, -0.25) is 9.59 Å². The highest BCUT2D eigenvalue weighted by atomic mass is 19.4. The molecule has 2 heterocycles. The second kappa shape index (κ2) is 9.16. The molecule has 0 saturated heterocycles. The molecule has 0 aliphatic heterocycles. The Bertz CT molecular complexity index is 856. The molecule has 0 aliphatic rings. The number of ether oxygens (including phenoxy) is 1.